The molecule has 0 heterocycles. The van der Waals surface area contributed by atoms with Crippen molar-refractivity contribution < 1.29 is 19.4 Å². The summed E-state index contributed by atoms with van der Waals surface area (Å²) in [5.74, 6) is -1.48. The van der Waals surface area contributed by atoms with Crippen molar-refractivity contribution >= 4 is 35.8 Å². The van der Waals surface area contributed by atoms with Crippen LogP contribution in [0.5, 0.6) is 0 Å². The van der Waals surface area contributed by atoms with Crippen molar-refractivity contribution in [3.05, 3.63) is 90.0 Å². The molecule has 0 unspecified atom stereocenters. The van der Waals surface area contributed by atoms with Gasteiger partial charge in [0.25, 0.3) is 0 Å². The van der Waals surface area contributed by atoms with Gasteiger partial charge in [-0.15, -0.1) is 0 Å². The van der Waals surface area contributed by atoms with Crippen molar-refractivity contribution in [2.45, 2.75) is 26.4 Å². The second-order valence-electron chi connectivity index (χ2n) is 7.55. The third-order valence-corrected chi connectivity index (χ3v) is 6.61. The molecule has 0 atom stereocenters. The van der Waals surface area contributed by atoms with Crippen LogP contribution in [-0.4, -0.2) is 22.6 Å². The first kappa shape index (κ1) is 20.8. The predicted molar refractivity (Wildman–Crippen MR) is 117 cm³/mol. The van der Waals surface area contributed by atoms with Crippen LogP contribution >= 0.6 is 7.92 Å². The molecule has 0 aliphatic heterocycles. The first-order valence-corrected chi connectivity index (χ1v) is 10.6. The van der Waals surface area contributed by atoms with E-state index in [0.29, 0.717) is 10.9 Å². The maximum atomic E-state index is 12.6. The van der Waals surface area contributed by atoms with Gasteiger partial charge < -0.3 is 9.84 Å². The lowest BCUT2D eigenvalue weighted by Gasteiger charge is -2.23. The monoisotopic (exact) mass is 406 g/mol. The quantitative estimate of drug-likeness (QED) is 0.512. The smallest absolute Gasteiger partial charge is 0.338 e. The molecule has 0 aromatic heterocycles. The largest absolute Gasteiger partial charge is 0.478 e. The number of carboxylic acid groups (broad SMARTS) is 1. The van der Waals surface area contributed by atoms with Crippen molar-refractivity contribution in [1.82, 2.24) is 0 Å². The number of aromatic carboxylic acids is 1. The summed E-state index contributed by atoms with van der Waals surface area (Å²) in [6.07, 6.45) is 0. The Morgan fingerprint density at radius 1 is 0.828 bits per heavy atom. The summed E-state index contributed by atoms with van der Waals surface area (Å²) in [5, 5.41) is 12.5. The molecule has 0 amide bonds. The number of rotatable bonds is 5. The van der Waals surface area contributed by atoms with Gasteiger partial charge in [0.2, 0.25) is 0 Å². The van der Waals surface area contributed by atoms with Gasteiger partial charge in [-0.3, -0.25) is 0 Å². The van der Waals surface area contributed by atoms with Crippen LogP contribution in [0.1, 0.15) is 41.5 Å². The number of hydrogen-bond acceptors (Lipinski definition) is 3. The molecule has 0 aliphatic carbocycles. The standard InChI is InChI=1S/C24H23O4P/c1-24(2,3)28-23(27)17-14-15-20(22(25)26)21(16-17)29(18-10-6-4-7-11-18)19-12-8-5-9-13-19/h4-16H,1-3H3,(H,25,26). The molecule has 0 saturated heterocycles. The maximum absolute atomic E-state index is 12.6. The Labute approximate surface area is 171 Å². The van der Waals surface area contributed by atoms with E-state index >= 15 is 0 Å². The van der Waals surface area contributed by atoms with Crippen LogP contribution in [0.3, 0.4) is 0 Å². The normalized spacial score (nSPS) is 11.3. The fraction of sp³-hybridized carbons (Fsp3) is 0.167. The molecule has 0 fully saturated rings. The number of hydrogen-bond donors (Lipinski definition) is 1. The fourth-order valence-corrected chi connectivity index (χ4v) is 5.42. The number of esters is 1. The topological polar surface area (TPSA) is 63.6 Å². The van der Waals surface area contributed by atoms with Gasteiger partial charge in [-0.05, 0) is 57.5 Å². The van der Waals surface area contributed by atoms with E-state index in [0.717, 1.165) is 10.6 Å². The van der Waals surface area contributed by atoms with E-state index in [4.69, 9.17) is 4.74 Å². The summed E-state index contributed by atoms with van der Waals surface area (Å²) in [7, 11) is -1.16. The van der Waals surface area contributed by atoms with E-state index in [1.54, 1.807) is 26.8 Å². The molecular formula is C24H23O4P. The highest BCUT2D eigenvalue weighted by molar-refractivity contribution is 7.80. The van der Waals surface area contributed by atoms with E-state index in [2.05, 4.69) is 0 Å². The lowest BCUT2D eigenvalue weighted by atomic mass is 10.1. The lowest BCUT2D eigenvalue weighted by Crippen LogP contribution is -2.28. The minimum absolute atomic E-state index is 0.191. The van der Waals surface area contributed by atoms with Crippen LogP contribution < -0.4 is 15.9 Å². The highest BCUT2D eigenvalue weighted by Crippen LogP contribution is 2.34. The zero-order chi connectivity index (χ0) is 21.0. The van der Waals surface area contributed by atoms with E-state index < -0.39 is 25.5 Å². The Kier molecular flexibility index (Phi) is 6.14. The highest BCUT2D eigenvalue weighted by Gasteiger charge is 2.25. The Morgan fingerprint density at radius 3 is 1.79 bits per heavy atom. The summed E-state index contributed by atoms with van der Waals surface area (Å²) in [4.78, 5) is 24.6. The lowest BCUT2D eigenvalue weighted by molar-refractivity contribution is 0.00692. The molecular weight excluding hydrogens is 383 g/mol. The maximum Gasteiger partial charge on any atom is 0.338 e. The van der Waals surface area contributed by atoms with Gasteiger partial charge in [-0.2, -0.15) is 0 Å². The van der Waals surface area contributed by atoms with Crippen LogP contribution in [0.2, 0.25) is 0 Å². The molecule has 0 aliphatic rings. The van der Waals surface area contributed by atoms with E-state index in [1.165, 1.54) is 12.1 Å². The molecule has 0 bridgehead atoms. The Morgan fingerprint density at radius 2 is 1.34 bits per heavy atom. The summed E-state index contributed by atoms with van der Waals surface area (Å²) >= 11 is 0. The Hall–Kier alpha value is -2.97. The SMILES string of the molecule is CC(C)(C)OC(=O)c1ccc(C(=O)O)c(P(c2ccccc2)c2ccccc2)c1. The van der Waals surface area contributed by atoms with E-state index in [1.807, 2.05) is 60.7 Å². The highest BCUT2D eigenvalue weighted by atomic mass is 31.1. The number of carbonyl (C=O) groups excluding carboxylic acids is 1. The zero-order valence-corrected chi connectivity index (χ0v) is 17.5. The Bertz CT molecular complexity index is 969. The van der Waals surface area contributed by atoms with Gasteiger partial charge in [0, 0.05) is 5.30 Å². The number of carboxylic acids is 1. The molecule has 3 rings (SSSR count). The van der Waals surface area contributed by atoms with Gasteiger partial charge in [0.1, 0.15) is 5.60 Å². The second kappa shape index (κ2) is 8.59. The second-order valence-corrected chi connectivity index (χ2v) is 9.73. The number of ether oxygens (including phenoxy) is 1. The van der Waals surface area contributed by atoms with Crippen LogP contribution in [0.15, 0.2) is 78.9 Å². The Balaban J connectivity index is 2.19. The van der Waals surface area contributed by atoms with Crippen molar-refractivity contribution in [2.24, 2.45) is 0 Å². The zero-order valence-electron chi connectivity index (χ0n) is 16.6. The molecule has 4 nitrogen and oxygen atoms in total. The van der Waals surface area contributed by atoms with Crippen molar-refractivity contribution in [3.8, 4) is 0 Å². The average Bonchev–Trinajstić information content (AvgIpc) is 2.68. The number of carbonyl (C=O) groups is 2. The van der Waals surface area contributed by atoms with Crippen molar-refractivity contribution in [3.63, 3.8) is 0 Å². The van der Waals surface area contributed by atoms with Gasteiger partial charge in [0.15, 0.2) is 0 Å². The van der Waals surface area contributed by atoms with Crippen molar-refractivity contribution in [2.75, 3.05) is 0 Å². The van der Waals surface area contributed by atoms with Crippen LogP contribution in [0.25, 0.3) is 0 Å². The first-order chi connectivity index (χ1) is 13.8. The van der Waals surface area contributed by atoms with Gasteiger partial charge in [-0.1, -0.05) is 60.7 Å². The van der Waals surface area contributed by atoms with Crippen LogP contribution in [0.4, 0.5) is 0 Å². The summed E-state index contributed by atoms with van der Waals surface area (Å²) < 4.78 is 5.49. The van der Waals surface area contributed by atoms with E-state index in [-0.39, 0.29) is 5.56 Å². The third kappa shape index (κ3) is 5.10. The molecule has 0 spiro atoms. The fourth-order valence-electron chi connectivity index (χ4n) is 2.94. The predicted octanol–water partition coefficient (Wildman–Crippen LogP) is 4.10. The summed E-state index contributed by atoms with van der Waals surface area (Å²) in [6.45, 7) is 5.41. The molecule has 0 radical (unpaired) electrons. The number of benzene rings is 3. The van der Waals surface area contributed by atoms with Crippen LogP contribution in [0, 0.1) is 0 Å². The molecule has 148 valence electrons. The average molecular weight is 406 g/mol. The van der Waals surface area contributed by atoms with Gasteiger partial charge >= 0.3 is 11.9 Å². The third-order valence-electron chi connectivity index (χ3n) is 4.13. The molecule has 1 N–H and O–H groups in total. The van der Waals surface area contributed by atoms with Gasteiger partial charge in [-0.25, -0.2) is 9.59 Å². The molecule has 3 aromatic carbocycles. The molecule has 3 aromatic rings. The van der Waals surface area contributed by atoms with E-state index in [9.17, 15) is 14.7 Å². The van der Waals surface area contributed by atoms with Crippen LogP contribution in [-0.2, 0) is 4.74 Å². The molecule has 29 heavy (non-hydrogen) atoms. The summed E-state index contributed by atoms with van der Waals surface area (Å²) in [5.41, 5.74) is -0.0952. The van der Waals surface area contributed by atoms with Gasteiger partial charge in [0.05, 0.1) is 11.1 Å². The van der Waals surface area contributed by atoms with Crippen molar-refractivity contribution in [1.29, 1.82) is 0 Å². The summed E-state index contributed by atoms with van der Waals surface area (Å²) in [6, 6.07) is 24.2. The molecule has 0 saturated carbocycles. The minimum Gasteiger partial charge on any atom is -0.478 e. The molecule has 5 heteroatoms. The first-order valence-electron chi connectivity index (χ1n) is 9.27. The minimum atomic E-state index is -1.16.